The second-order valence-corrected chi connectivity index (χ2v) is 6.14. The van der Waals surface area contributed by atoms with Gasteiger partial charge in [-0.15, -0.1) is 0 Å². The van der Waals surface area contributed by atoms with Gasteiger partial charge < -0.3 is 15.4 Å². The smallest absolute Gasteiger partial charge is 0.417 e. The Balaban J connectivity index is 1.63. The summed E-state index contributed by atoms with van der Waals surface area (Å²) in [7, 11) is 0. The van der Waals surface area contributed by atoms with Crippen LogP contribution in [0.25, 0.3) is 0 Å². The maximum Gasteiger partial charge on any atom is 0.417 e. The fourth-order valence-electron chi connectivity index (χ4n) is 2.68. The maximum atomic E-state index is 12.5. The van der Waals surface area contributed by atoms with E-state index in [1.807, 2.05) is 0 Å². The number of piperidine rings is 1. The summed E-state index contributed by atoms with van der Waals surface area (Å²) in [5, 5.41) is 0. The molecule has 0 radical (unpaired) electrons. The minimum Gasteiger partial charge on any atom is -0.439 e. The summed E-state index contributed by atoms with van der Waals surface area (Å²) in [5.41, 5.74) is 5.52. The zero-order valence-corrected chi connectivity index (χ0v) is 13.9. The van der Waals surface area contributed by atoms with E-state index >= 15 is 0 Å². The molecule has 1 aliphatic rings. The largest absolute Gasteiger partial charge is 0.439 e. The van der Waals surface area contributed by atoms with Crippen molar-refractivity contribution in [3.05, 3.63) is 53.7 Å². The first-order valence-corrected chi connectivity index (χ1v) is 8.19. The number of hydrogen-bond donors (Lipinski definition) is 1. The maximum absolute atomic E-state index is 12.5. The van der Waals surface area contributed by atoms with Crippen LogP contribution in [0.2, 0.25) is 0 Å². The van der Waals surface area contributed by atoms with Gasteiger partial charge in [-0.05, 0) is 43.2 Å². The first kappa shape index (κ1) is 18.2. The number of amides is 1. The Hall–Kier alpha value is -2.61. The third-order valence-electron chi connectivity index (χ3n) is 4.21. The van der Waals surface area contributed by atoms with E-state index in [1.54, 1.807) is 29.2 Å². The lowest BCUT2D eigenvalue weighted by Crippen LogP contribution is -2.42. The Bertz CT molecular complexity index is 753. The summed E-state index contributed by atoms with van der Waals surface area (Å²) in [5.74, 6) is 0.354. The quantitative estimate of drug-likeness (QED) is 0.905. The number of pyridine rings is 1. The molecule has 3 rings (SSSR count). The number of alkyl halides is 3. The van der Waals surface area contributed by atoms with Crippen molar-refractivity contribution in [3.63, 3.8) is 0 Å². The Morgan fingerprint density at radius 3 is 2.31 bits per heavy atom. The summed E-state index contributed by atoms with van der Waals surface area (Å²) in [4.78, 5) is 17.8. The molecule has 1 amide bonds. The summed E-state index contributed by atoms with van der Waals surface area (Å²) >= 11 is 0. The SMILES string of the molecule is NC1CCN(C(=O)c2ccc(Oc3ccc(C(F)(F)F)cn3)cc2)CC1. The lowest BCUT2D eigenvalue weighted by Gasteiger charge is -2.30. The fourth-order valence-corrected chi connectivity index (χ4v) is 2.68. The van der Waals surface area contributed by atoms with Crippen LogP contribution in [0.4, 0.5) is 13.2 Å². The molecule has 2 N–H and O–H groups in total. The van der Waals surface area contributed by atoms with Crippen molar-refractivity contribution in [1.82, 2.24) is 9.88 Å². The van der Waals surface area contributed by atoms with Gasteiger partial charge in [-0.3, -0.25) is 4.79 Å². The van der Waals surface area contributed by atoms with Gasteiger partial charge in [0, 0.05) is 37.0 Å². The molecule has 0 saturated carbocycles. The number of hydrogen-bond acceptors (Lipinski definition) is 4. The molecule has 138 valence electrons. The van der Waals surface area contributed by atoms with Crippen molar-refractivity contribution >= 4 is 5.91 Å². The van der Waals surface area contributed by atoms with Crippen LogP contribution < -0.4 is 10.5 Å². The van der Waals surface area contributed by atoms with Crippen LogP contribution >= 0.6 is 0 Å². The number of benzene rings is 1. The Morgan fingerprint density at radius 2 is 1.77 bits per heavy atom. The number of aromatic nitrogens is 1. The predicted molar refractivity (Wildman–Crippen MR) is 88.9 cm³/mol. The number of carbonyl (C=O) groups excluding carboxylic acids is 1. The highest BCUT2D eigenvalue weighted by Crippen LogP contribution is 2.30. The van der Waals surface area contributed by atoms with Crippen LogP contribution in [0.1, 0.15) is 28.8 Å². The Morgan fingerprint density at radius 1 is 1.12 bits per heavy atom. The molecule has 2 heterocycles. The monoisotopic (exact) mass is 365 g/mol. The van der Waals surface area contributed by atoms with Gasteiger partial charge in [0.2, 0.25) is 5.88 Å². The summed E-state index contributed by atoms with van der Waals surface area (Å²) in [6.07, 6.45) is -2.15. The molecule has 0 bridgehead atoms. The van der Waals surface area contributed by atoms with E-state index in [2.05, 4.69) is 4.98 Å². The first-order chi connectivity index (χ1) is 12.3. The molecule has 1 saturated heterocycles. The molecule has 8 heteroatoms. The van der Waals surface area contributed by atoms with Crippen molar-refractivity contribution in [2.75, 3.05) is 13.1 Å². The van der Waals surface area contributed by atoms with Gasteiger partial charge in [0.05, 0.1) is 5.56 Å². The van der Waals surface area contributed by atoms with Gasteiger partial charge >= 0.3 is 6.18 Å². The summed E-state index contributed by atoms with van der Waals surface area (Å²) in [6, 6.07) is 8.61. The molecule has 5 nitrogen and oxygen atoms in total. The van der Waals surface area contributed by atoms with Crippen molar-refractivity contribution in [1.29, 1.82) is 0 Å². The minimum atomic E-state index is -4.44. The van der Waals surface area contributed by atoms with Crippen LogP contribution in [0.5, 0.6) is 11.6 Å². The number of likely N-dealkylation sites (tertiary alicyclic amines) is 1. The van der Waals surface area contributed by atoms with Crippen molar-refractivity contribution < 1.29 is 22.7 Å². The topological polar surface area (TPSA) is 68.5 Å². The lowest BCUT2D eigenvalue weighted by molar-refractivity contribution is -0.137. The lowest BCUT2D eigenvalue weighted by atomic mass is 10.0. The number of carbonyl (C=O) groups is 1. The highest BCUT2D eigenvalue weighted by molar-refractivity contribution is 5.94. The van der Waals surface area contributed by atoms with Crippen LogP contribution in [0.15, 0.2) is 42.6 Å². The van der Waals surface area contributed by atoms with E-state index < -0.39 is 11.7 Å². The Kier molecular flexibility index (Phi) is 5.13. The van der Waals surface area contributed by atoms with Crippen molar-refractivity contribution in [2.45, 2.75) is 25.1 Å². The van der Waals surface area contributed by atoms with Gasteiger partial charge in [-0.1, -0.05) is 0 Å². The van der Waals surface area contributed by atoms with Crippen molar-refractivity contribution in [2.24, 2.45) is 5.73 Å². The van der Waals surface area contributed by atoms with Gasteiger partial charge in [0.25, 0.3) is 5.91 Å². The molecule has 2 aromatic rings. The highest BCUT2D eigenvalue weighted by Gasteiger charge is 2.30. The second-order valence-electron chi connectivity index (χ2n) is 6.14. The number of rotatable bonds is 3. The van der Waals surface area contributed by atoms with Crippen LogP contribution in [-0.2, 0) is 6.18 Å². The molecule has 1 aromatic carbocycles. The highest BCUT2D eigenvalue weighted by atomic mass is 19.4. The van der Waals surface area contributed by atoms with E-state index in [9.17, 15) is 18.0 Å². The predicted octanol–water partition coefficient (Wildman–Crippen LogP) is 3.46. The van der Waals surface area contributed by atoms with Gasteiger partial charge in [-0.25, -0.2) is 4.98 Å². The molecule has 0 spiro atoms. The molecule has 1 aromatic heterocycles. The molecular weight excluding hydrogens is 347 g/mol. The fraction of sp³-hybridized carbons (Fsp3) is 0.333. The summed E-state index contributed by atoms with van der Waals surface area (Å²) in [6.45, 7) is 1.27. The first-order valence-electron chi connectivity index (χ1n) is 8.19. The third-order valence-corrected chi connectivity index (χ3v) is 4.21. The van der Waals surface area contributed by atoms with Crippen LogP contribution in [0, 0.1) is 0 Å². The second kappa shape index (κ2) is 7.33. The van der Waals surface area contributed by atoms with Gasteiger partial charge in [0.1, 0.15) is 5.75 Å². The van der Waals surface area contributed by atoms with E-state index in [4.69, 9.17) is 10.5 Å². The minimum absolute atomic E-state index is 0.0436. The number of ether oxygens (including phenoxy) is 1. The van der Waals surface area contributed by atoms with Gasteiger partial charge in [0.15, 0.2) is 0 Å². The van der Waals surface area contributed by atoms with Crippen molar-refractivity contribution in [3.8, 4) is 11.6 Å². The van der Waals surface area contributed by atoms with E-state index in [0.29, 0.717) is 30.6 Å². The average molecular weight is 365 g/mol. The number of nitrogens with two attached hydrogens (primary N) is 1. The molecule has 0 aliphatic carbocycles. The molecule has 0 atom stereocenters. The Labute approximate surface area is 148 Å². The van der Waals surface area contributed by atoms with E-state index in [0.717, 1.165) is 25.0 Å². The standard InChI is InChI=1S/C18H18F3N3O2/c19-18(20,21)13-3-6-16(23-11-13)26-15-4-1-12(2-5-15)17(25)24-9-7-14(22)8-10-24/h1-6,11,14H,7-10,22H2. The molecule has 26 heavy (non-hydrogen) atoms. The molecule has 1 fully saturated rings. The number of halogens is 3. The van der Waals surface area contributed by atoms with Gasteiger partial charge in [-0.2, -0.15) is 13.2 Å². The van der Waals surface area contributed by atoms with E-state index in [1.165, 1.54) is 0 Å². The molecule has 0 unspecified atom stereocenters. The molecule has 1 aliphatic heterocycles. The third kappa shape index (κ3) is 4.32. The number of nitrogens with zero attached hydrogens (tertiary/aromatic N) is 2. The zero-order chi connectivity index (χ0) is 18.7. The normalized spacial score (nSPS) is 15.8. The average Bonchev–Trinajstić information content (AvgIpc) is 2.62. The van der Waals surface area contributed by atoms with E-state index in [-0.39, 0.29) is 17.8 Å². The molecular formula is C18H18F3N3O2. The summed E-state index contributed by atoms with van der Waals surface area (Å²) < 4.78 is 43.0. The van der Waals surface area contributed by atoms with Crippen LogP contribution in [0.3, 0.4) is 0 Å². The van der Waals surface area contributed by atoms with Crippen LogP contribution in [-0.4, -0.2) is 34.9 Å². The zero-order valence-electron chi connectivity index (χ0n) is 13.9.